The normalized spacial score (nSPS) is 24.7. The topological polar surface area (TPSA) is 25.9 Å². The van der Waals surface area contributed by atoms with Crippen molar-refractivity contribution in [3.05, 3.63) is 60.2 Å². The van der Waals surface area contributed by atoms with Gasteiger partial charge in [-0.15, -0.1) is 0 Å². The Balaban J connectivity index is 1.10. The summed E-state index contributed by atoms with van der Waals surface area (Å²) in [5.74, 6) is -0.0980. The van der Waals surface area contributed by atoms with Gasteiger partial charge in [0, 0.05) is 70.6 Å². The molecule has 1 atom stereocenters. The molecule has 0 saturated carbocycles. The zero-order valence-corrected chi connectivity index (χ0v) is 19.1. The maximum absolute atomic E-state index is 14.2. The number of aromatic nitrogens is 1. The second-order valence-electron chi connectivity index (χ2n) is 9.59. The third-order valence-electron chi connectivity index (χ3n) is 7.64. The van der Waals surface area contributed by atoms with Gasteiger partial charge < -0.3 is 4.90 Å². The van der Waals surface area contributed by atoms with Crippen LogP contribution in [0.25, 0.3) is 0 Å². The highest BCUT2D eigenvalue weighted by Gasteiger charge is 2.32. The van der Waals surface area contributed by atoms with Crippen molar-refractivity contribution < 1.29 is 4.39 Å². The molecule has 4 heterocycles. The Hall–Kier alpha value is -2.02. The molecular formula is C26H36FN5. The van der Waals surface area contributed by atoms with E-state index in [1.807, 2.05) is 24.4 Å². The van der Waals surface area contributed by atoms with Crippen LogP contribution in [0.2, 0.25) is 0 Å². The fourth-order valence-electron chi connectivity index (χ4n) is 5.81. The highest BCUT2D eigenvalue weighted by molar-refractivity contribution is 5.48. The smallest absolute Gasteiger partial charge is 0.146 e. The number of piperidine rings is 2. The summed E-state index contributed by atoms with van der Waals surface area (Å²) in [5.41, 5.74) is 1.94. The Morgan fingerprint density at radius 1 is 0.781 bits per heavy atom. The van der Waals surface area contributed by atoms with Crippen molar-refractivity contribution >= 4 is 5.69 Å². The molecule has 172 valence electrons. The number of hydrogen-bond donors (Lipinski definition) is 0. The molecule has 6 heteroatoms. The highest BCUT2D eigenvalue weighted by Crippen LogP contribution is 2.26. The predicted molar refractivity (Wildman–Crippen MR) is 127 cm³/mol. The number of likely N-dealkylation sites (tertiary alicyclic amines) is 2. The number of anilines is 1. The van der Waals surface area contributed by atoms with Crippen molar-refractivity contribution in [3.8, 4) is 0 Å². The van der Waals surface area contributed by atoms with E-state index in [2.05, 4.69) is 36.7 Å². The molecule has 0 bridgehead atoms. The first kappa shape index (κ1) is 21.8. The van der Waals surface area contributed by atoms with E-state index >= 15 is 0 Å². The number of rotatable bonds is 5. The van der Waals surface area contributed by atoms with Crippen LogP contribution in [-0.4, -0.2) is 84.1 Å². The van der Waals surface area contributed by atoms with Crippen LogP contribution in [0.5, 0.6) is 0 Å². The minimum atomic E-state index is -0.0980. The average Bonchev–Trinajstić information content (AvgIpc) is 2.86. The van der Waals surface area contributed by atoms with E-state index < -0.39 is 0 Å². The third kappa shape index (κ3) is 5.13. The number of benzene rings is 1. The van der Waals surface area contributed by atoms with Crippen LogP contribution in [0.4, 0.5) is 10.1 Å². The number of para-hydroxylation sites is 1. The van der Waals surface area contributed by atoms with Crippen molar-refractivity contribution in [2.24, 2.45) is 0 Å². The molecule has 3 saturated heterocycles. The molecule has 1 aromatic carbocycles. The van der Waals surface area contributed by atoms with Crippen molar-refractivity contribution in [1.29, 1.82) is 0 Å². The molecular weight excluding hydrogens is 401 g/mol. The number of halogens is 1. The number of nitrogens with zero attached hydrogens (tertiary/aromatic N) is 5. The molecule has 3 aliphatic heterocycles. The van der Waals surface area contributed by atoms with Crippen molar-refractivity contribution in [1.82, 2.24) is 19.7 Å². The third-order valence-corrected chi connectivity index (χ3v) is 7.64. The summed E-state index contributed by atoms with van der Waals surface area (Å²) in [6, 6.07) is 14.8. The van der Waals surface area contributed by atoms with E-state index in [1.54, 1.807) is 12.1 Å². The van der Waals surface area contributed by atoms with Gasteiger partial charge in [0.1, 0.15) is 5.82 Å². The monoisotopic (exact) mass is 437 g/mol. The van der Waals surface area contributed by atoms with E-state index in [0.29, 0.717) is 6.04 Å². The molecule has 1 aromatic heterocycles. The molecule has 2 aromatic rings. The Labute approximate surface area is 191 Å². The number of hydrogen-bond acceptors (Lipinski definition) is 5. The largest absolute Gasteiger partial charge is 0.367 e. The molecule has 5 nitrogen and oxygen atoms in total. The Morgan fingerprint density at radius 2 is 1.56 bits per heavy atom. The Kier molecular flexibility index (Phi) is 7.00. The van der Waals surface area contributed by atoms with Gasteiger partial charge in [-0.3, -0.25) is 19.7 Å². The average molecular weight is 438 g/mol. The second kappa shape index (κ2) is 10.3. The fourth-order valence-corrected chi connectivity index (χ4v) is 5.81. The van der Waals surface area contributed by atoms with Crippen LogP contribution in [0.3, 0.4) is 0 Å². The summed E-state index contributed by atoms with van der Waals surface area (Å²) in [6.07, 6.45) is 7.02. The minimum absolute atomic E-state index is 0.0980. The van der Waals surface area contributed by atoms with Gasteiger partial charge in [-0.2, -0.15) is 0 Å². The summed E-state index contributed by atoms with van der Waals surface area (Å²) < 4.78 is 14.2. The lowest BCUT2D eigenvalue weighted by molar-refractivity contribution is 0.0404. The molecule has 3 fully saturated rings. The molecule has 32 heavy (non-hydrogen) atoms. The van der Waals surface area contributed by atoms with Gasteiger partial charge >= 0.3 is 0 Å². The lowest BCUT2D eigenvalue weighted by atomic mass is 9.96. The highest BCUT2D eigenvalue weighted by atomic mass is 19.1. The molecule has 0 aliphatic carbocycles. The first-order valence-corrected chi connectivity index (χ1v) is 12.4. The van der Waals surface area contributed by atoms with Crippen LogP contribution >= 0.6 is 0 Å². The summed E-state index contributed by atoms with van der Waals surface area (Å²) in [4.78, 5) is 14.7. The standard InChI is InChI=1S/C26H36FN5/c27-25-8-1-2-9-26(25)31-18-16-30(17-19-31)24-7-5-13-32(21-24)23-10-14-29(15-11-23)20-22-6-3-4-12-28-22/h1-4,6,8-9,12,23-24H,5,7,10-11,13-21H2/t24-/m1/s1. The molecule has 0 radical (unpaired) electrons. The minimum Gasteiger partial charge on any atom is -0.367 e. The summed E-state index contributed by atoms with van der Waals surface area (Å²) in [7, 11) is 0. The van der Waals surface area contributed by atoms with Crippen molar-refractivity contribution in [3.63, 3.8) is 0 Å². The first-order valence-electron chi connectivity index (χ1n) is 12.4. The predicted octanol–water partition coefficient (Wildman–Crippen LogP) is 3.47. The molecule has 0 spiro atoms. The molecule has 0 amide bonds. The van der Waals surface area contributed by atoms with Crippen LogP contribution in [0.15, 0.2) is 48.7 Å². The van der Waals surface area contributed by atoms with Gasteiger partial charge in [0.25, 0.3) is 0 Å². The first-order chi connectivity index (χ1) is 15.8. The van der Waals surface area contributed by atoms with E-state index in [1.165, 1.54) is 57.6 Å². The van der Waals surface area contributed by atoms with Gasteiger partial charge in [-0.25, -0.2) is 4.39 Å². The van der Waals surface area contributed by atoms with Gasteiger partial charge in [0.15, 0.2) is 0 Å². The van der Waals surface area contributed by atoms with E-state index in [9.17, 15) is 4.39 Å². The van der Waals surface area contributed by atoms with Crippen LogP contribution < -0.4 is 4.90 Å². The lowest BCUT2D eigenvalue weighted by Gasteiger charge is -2.47. The van der Waals surface area contributed by atoms with E-state index in [-0.39, 0.29) is 5.82 Å². The quantitative estimate of drug-likeness (QED) is 0.714. The van der Waals surface area contributed by atoms with Crippen LogP contribution in [0, 0.1) is 5.82 Å². The molecule has 0 unspecified atom stereocenters. The Bertz CT molecular complexity index is 846. The summed E-state index contributed by atoms with van der Waals surface area (Å²) in [6.45, 7) is 9.68. The van der Waals surface area contributed by atoms with Gasteiger partial charge in [0.05, 0.1) is 11.4 Å². The lowest BCUT2D eigenvalue weighted by Crippen LogP contribution is -2.57. The molecule has 5 rings (SSSR count). The van der Waals surface area contributed by atoms with Crippen molar-refractivity contribution in [2.75, 3.05) is 57.3 Å². The summed E-state index contributed by atoms with van der Waals surface area (Å²) in [5, 5.41) is 0. The number of pyridine rings is 1. The van der Waals surface area contributed by atoms with Crippen molar-refractivity contribution in [2.45, 2.75) is 44.3 Å². The zero-order valence-electron chi connectivity index (χ0n) is 19.1. The van der Waals surface area contributed by atoms with Gasteiger partial charge in [-0.1, -0.05) is 18.2 Å². The maximum Gasteiger partial charge on any atom is 0.146 e. The molecule has 3 aliphatic rings. The zero-order chi connectivity index (χ0) is 21.8. The molecule has 0 N–H and O–H groups in total. The van der Waals surface area contributed by atoms with E-state index in [4.69, 9.17) is 0 Å². The second-order valence-corrected chi connectivity index (χ2v) is 9.59. The van der Waals surface area contributed by atoms with Gasteiger partial charge in [0.2, 0.25) is 0 Å². The van der Waals surface area contributed by atoms with Crippen LogP contribution in [-0.2, 0) is 6.54 Å². The Morgan fingerprint density at radius 3 is 2.31 bits per heavy atom. The fraction of sp³-hybridized carbons (Fsp3) is 0.577. The van der Waals surface area contributed by atoms with Crippen LogP contribution in [0.1, 0.15) is 31.4 Å². The maximum atomic E-state index is 14.2. The summed E-state index contributed by atoms with van der Waals surface area (Å²) >= 11 is 0. The van der Waals surface area contributed by atoms with E-state index in [0.717, 1.165) is 44.5 Å². The number of piperazine rings is 1. The van der Waals surface area contributed by atoms with Gasteiger partial charge in [-0.05, 0) is 56.5 Å². The SMILES string of the molecule is Fc1ccccc1N1CCN([C@@H]2CCCN(C3CCN(Cc4ccccn4)CC3)C2)CC1.